The molecule has 0 N–H and O–H groups in total. The SMILES string of the molecule is C=CCN(CC(=O)N(CCOC)Cc1cccn1Cc1ccccc1)C(=O)c1ccc(-c2ccccc2)cc1. The second kappa shape index (κ2) is 13.9. The molecule has 0 aliphatic carbocycles. The molecule has 0 bridgehead atoms. The average molecular weight is 522 g/mol. The van der Waals surface area contributed by atoms with Crippen molar-refractivity contribution >= 4 is 11.8 Å². The largest absolute Gasteiger partial charge is 0.383 e. The van der Waals surface area contributed by atoms with Crippen molar-refractivity contribution in [1.82, 2.24) is 14.4 Å². The van der Waals surface area contributed by atoms with Crippen LogP contribution in [0.3, 0.4) is 0 Å². The highest BCUT2D eigenvalue weighted by Gasteiger charge is 2.22. The summed E-state index contributed by atoms with van der Waals surface area (Å²) in [5, 5.41) is 0. The Bertz CT molecular complexity index is 1350. The summed E-state index contributed by atoms with van der Waals surface area (Å²) in [6, 6.07) is 31.7. The van der Waals surface area contributed by atoms with E-state index in [1.54, 1.807) is 18.1 Å². The molecule has 0 spiro atoms. The van der Waals surface area contributed by atoms with E-state index in [1.165, 1.54) is 10.5 Å². The molecule has 3 aromatic carbocycles. The molecular weight excluding hydrogens is 486 g/mol. The highest BCUT2D eigenvalue weighted by molar-refractivity contribution is 5.97. The number of hydrogen-bond donors (Lipinski definition) is 0. The number of hydrogen-bond acceptors (Lipinski definition) is 3. The summed E-state index contributed by atoms with van der Waals surface area (Å²) in [6.07, 6.45) is 3.67. The predicted octanol–water partition coefficient (Wildman–Crippen LogP) is 5.51. The zero-order chi connectivity index (χ0) is 27.5. The Morgan fingerprint density at radius 1 is 0.846 bits per heavy atom. The fourth-order valence-electron chi connectivity index (χ4n) is 4.47. The highest BCUT2D eigenvalue weighted by atomic mass is 16.5. The Labute approximate surface area is 230 Å². The monoisotopic (exact) mass is 521 g/mol. The van der Waals surface area contributed by atoms with E-state index in [4.69, 9.17) is 4.74 Å². The predicted molar refractivity (Wildman–Crippen MR) is 155 cm³/mol. The number of nitrogens with zero attached hydrogens (tertiary/aromatic N) is 3. The van der Waals surface area contributed by atoms with Crippen LogP contribution in [0, 0.1) is 0 Å². The lowest BCUT2D eigenvalue weighted by Gasteiger charge is -2.27. The topological polar surface area (TPSA) is 54.8 Å². The fourth-order valence-corrected chi connectivity index (χ4v) is 4.47. The van der Waals surface area contributed by atoms with Crippen molar-refractivity contribution in [3.63, 3.8) is 0 Å². The van der Waals surface area contributed by atoms with Gasteiger partial charge in [0, 0.05) is 44.2 Å². The van der Waals surface area contributed by atoms with E-state index in [0.29, 0.717) is 25.3 Å². The van der Waals surface area contributed by atoms with Crippen LogP contribution in [-0.4, -0.2) is 59.5 Å². The molecule has 0 aliphatic rings. The number of rotatable bonds is 13. The quantitative estimate of drug-likeness (QED) is 0.218. The first-order chi connectivity index (χ1) is 19.1. The van der Waals surface area contributed by atoms with Gasteiger partial charge in [-0.3, -0.25) is 9.59 Å². The lowest BCUT2D eigenvalue weighted by molar-refractivity contribution is -0.133. The molecule has 4 aromatic rings. The highest BCUT2D eigenvalue weighted by Crippen LogP contribution is 2.20. The van der Waals surface area contributed by atoms with Crippen molar-refractivity contribution in [3.8, 4) is 11.1 Å². The first-order valence-corrected chi connectivity index (χ1v) is 13.1. The number of carbonyl (C=O) groups is 2. The molecule has 0 aliphatic heterocycles. The molecule has 0 radical (unpaired) electrons. The number of methoxy groups -OCH3 is 1. The number of ether oxygens (including phenoxy) is 1. The molecule has 0 fully saturated rings. The second-order valence-electron chi connectivity index (χ2n) is 9.34. The third-order valence-electron chi connectivity index (χ3n) is 6.59. The molecule has 0 saturated carbocycles. The van der Waals surface area contributed by atoms with Crippen molar-refractivity contribution in [2.75, 3.05) is 33.4 Å². The van der Waals surface area contributed by atoms with E-state index in [2.05, 4.69) is 23.3 Å². The van der Waals surface area contributed by atoms with Gasteiger partial charge in [-0.25, -0.2) is 0 Å². The standard InChI is InChI=1S/C33H35N3O3/c1-3-20-36(33(38)30-18-16-29(17-19-30)28-13-8-5-9-14-28)26-32(37)35(22-23-39-2)25-31-15-10-21-34(31)24-27-11-6-4-7-12-27/h3-19,21H,1,20,22-26H2,2H3. The van der Waals surface area contributed by atoms with E-state index in [-0.39, 0.29) is 24.9 Å². The van der Waals surface area contributed by atoms with Crippen LogP contribution in [0.15, 0.2) is 116 Å². The Kier molecular flexibility index (Phi) is 9.86. The summed E-state index contributed by atoms with van der Waals surface area (Å²) in [5.41, 5.74) is 4.85. The van der Waals surface area contributed by atoms with Gasteiger partial charge in [-0.1, -0.05) is 78.9 Å². The van der Waals surface area contributed by atoms with E-state index in [1.807, 2.05) is 91.1 Å². The third-order valence-corrected chi connectivity index (χ3v) is 6.59. The Morgan fingerprint density at radius 2 is 1.51 bits per heavy atom. The minimum Gasteiger partial charge on any atom is -0.383 e. The van der Waals surface area contributed by atoms with Gasteiger partial charge in [0.2, 0.25) is 5.91 Å². The first-order valence-electron chi connectivity index (χ1n) is 13.1. The van der Waals surface area contributed by atoms with Gasteiger partial charge in [-0.2, -0.15) is 0 Å². The summed E-state index contributed by atoms with van der Waals surface area (Å²) in [7, 11) is 1.62. The van der Waals surface area contributed by atoms with E-state index < -0.39 is 0 Å². The maximum absolute atomic E-state index is 13.5. The van der Waals surface area contributed by atoms with E-state index in [9.17, 15) is 9.59 Å². The number of aromatic nitrogens is 1. The molecule has 39 heavy (non-hydrogen) atoms. The summed E-state index contributed by atoms with van der Waals surface area (Å²) < 4.78 is 7.43. The zero-order valence-electron chi connectivity index (χ0n) is 22.4. The summed E-state index contributed by atoms with van der Waals surface area (Å²) in [5.74, 6) is -0.349. The molecule has 4 rings (SSSR count). The normalized spacial score (nSPS) is 10.7. The second-order valence-corrected chi connectivity index (χ2v) is 9.34. The van der Waals surface area contributed by atoms with Crippen LogP contribution in [0.25, 0.3) is 11.1 Å². The molecular formula is C33H35N3O3. The summed E-state index contributed by atoms with van der Waals surface area (Å²) >= 11 is 0. The number of amides is 2. The van der Waals surface area contributed by atoms with Gasteiger partial charge in [-0.05, 0) is 41.0 Å². The van der Waals surface area contributed by atoms with E-state index >= 15 is 0 Å². The van der Waals surface area contributed by atoms with Crippen LogP contribution in [0.4, 0.5) is 0 Å². The molecule has 1 aromatic heterocycles. The van der Waals surface area contributed by atoms with Gasteiger partial charge >= 0.3 is 0 Å². The molecule has 0 saturated heterocycles. The number of carbonyl (C=O) groups excluding carboxylic acids is 2. The van der Waals surface area contributed by atoms with Gasteiger partial charge in [-0.15, -0.1) is 6.58 Å². The minimum atomic E-state index is -0.206. The molecule has 0 unspecified atom stereocenters. The zero-order valence-corrected chi connectivity index (χ0v) is 22.4. The van der Waals surface area contributed by atoms with Crippen LogP contribution in [0.5, 0.6) is 0 Å². The van der Waals surface area contributed by atoms with Crippen molar-refractivity contribution in [3.05, 3.63) is 133 Å². The third kappa shape index (κ3) is 7.55. The maximum Gasteiger partial charge on any atom is 0.254 e. The molecule has 6 heteroatoms. The molecule has 2 amide bonds. The van der Waals surface area contributed by atoms with Gasteiger partial charge in [0.1, 0.15) is 6.54 Å². The van der Waals surface area contributed by atoms with Crippen LogP contribution in [0.1, 0.15) is 21.6 Å². The van der Waals surface area contributed by atoms with E-state index in [0.717, 1.165) is 23.4 Å². The van der Waals surface area contributed by atoms with Crippen molar-refractivity contribution in [1.29, 1.82) is 0 Å². The smallest absolute Gasteiger partial charge is 0.254 e. The molecule has 0 atom stereocenters. The fraction of sp³-hybridized carbons (Fsp3) is 0.212. The lowest BCUT2D eigenvalue weighted by Crippen LogP contribution is -2.44. The first kappa shape index (κ1) is 27.6. The summed E-state index contributed by atoms with van der Waals surface area (Å²) in [6.45, 7) is 5.99. The maximum atomic E-state index is 13.5. The Morgan fingerprint density at radius 3 is 2.18 bits per heavy atom. The van der Waals surface area contributed by atoms with Gasteiger partial charge in [0.25, 0.3) is 5.91 Å². The van der Waals surface area contributed by atoms with Crippen molar-refractivity contribution in [2.45, 2.75) is 13.1 Å². The lowest BCUT2D eigenvalue weighted by atomic mass is 10.0. The molecule has 1 heterocycles. The van der Waals surface area contributed by atoms with Crippen molar-refractivity contribution in [2.24, 2.45) is 0 Å². The van der Waals surface area contributed by atoms with Crippen LogP contribution >= 0.6 is 0 Å². The van der Waals surface area contributed by atoms with Gasteiger partial charge in [0.15, 0.2) is 0 Å². The summed E-state index contributed by atoms with van der Waals surface area (Å²) in [4.78, 5) is 30.2. The minimum absolute atomic E-state index is 0.0472. The van der Waals surface area contributed by atoms with Gasteiger partial charge < -0.3 is 19.1 Å². The average Bonchev–Trinajstić information content (AvgIpc) is 3.41. The van der Waals surface area contributed by atoms with Crippen LogP contribution in [0.2, 0.25) is 0 Å². The Hall–Kier alpha value is -4.42. The van der Waals surface area contributed by atoms with Gasteiger partial charge in [0.05, 0.1) is 13.2 Å². The molecule has 200 valence electrons. The van der Waals surface area contributed by atoms with Crippen molar-refractivity contribution < 1.29 is 14.3 Å². The van der Waals surface area contributed by atoms with Crippen LogP contribution < -0.4 is 0 Å². The Balaban J connectivity index is 1.47. The number of benzene rings is 3. The van der Waals surface area contributed by atoms with Crippen LogP contribution in [-0.2, 0) is 22.6 Å². The molecule has 6 nitrogen and oxygen atoms in total.